The number of amides is 2. The van der Waals surface area contributed by atoms with Crippen molar-refractivity contribution in [3.05, 3.63) is 35.9 Å². The second-order valence-electron chi connectivity index (χ2n) is 4.51. The number of carbonyl (C=O) groups excluding carboxylic acids is 2. The fourth-order valence-electron chi connectivity index (χ4n) is 2.18. The molecule has 1 heterocycles. The average Bonchev–Trinajstić information content (AvgIpc) is 2.99. The van der Waals surface area contributed by atoms with Crippen molar-refractivity contribution in [3.8, 4) is 0 Å². The monoisotopic (exact) mass is 262 g/mol. The summed E-state index contributed by atoms with van der Waals surface area (Å²) in [7, 11) is 1.32. The average molecular weight is 262 g/mol. The van der Waals surface area contributed by atoms with Crippen LogP contribution in [0.4, 0.5) is 4.79 Å². The fraction of sp³-hybridized carbons (Fsp3) is 0.429. The van der Waals surface area contributed by atoms with E-state index in [0.29, 0.717) is 0 Å². The van der Waals surface area contributed by atoms with Crippen molar-refractivity contribution in [1.82, 2.24) is 10.2 Å². The zero-order valence-corrected chi connectivity index (χ0v) is 11.0. The van der Waals surface area contributed by atoms with Crippen molar-refractivity contribution in [1.29, 1.82) is 0 Å². The van der Waals surface area contributed by atoms with Gasteiger partial charge >= 0.3 is 12.0 Å². The summed E-state index contributed by atoms with van der Waals surface area (Å²) in [6.07, 6.45) is 2.03. The Morgan fingerprint density at radius 2 is 1.84 bits per heavy atom. The highest BCUT2D eigenvalue weighted by molar-refractivity contribution is 5.84. The Hall–Kier alpha value is -2.04. The molecule has 2 rings (SSSR count). The van der Waals surface area contributed by atoms with Gasteiger partial charge in [-0.15, -0.1) is 0 Å². The summed E-state index contributed by atoms with van der Waals surface area (Å²) in [6, 6.07) is 8.15. The topological polar surface area (TPSA) is 58.6 Å². The largest absolute Gasteiger partial charge is 0.467 e. The molecule has 1 unspecified atom stereocenters. The van der Waals surface area contributed by atoms with Crippen molar-refractivity contribution in [2.45, 2.75) is 18.9 Å². The van der Waals surface area contributed by atoms with Gasteiger partial charge in [-0.05, 0) is 18.4 Å². The molecular formula is C14H18N2O3. The number of urea groups is 1. The molecule has 5 nitrogen and oxygen atoms in total. The van der Waals surface area contributed by atoms with E-state index in [9.17, 15) is 9.59 Å². The number of hydrogen-bond acceptors (Lipinski definition) is 3. The highest BCUT2D eigenvalue weighted by Crippen LogP contribution is 2.16. The van der Waals surface area contributed by atoms with Crippen LogP contribution in [0.1, 0.15) is 24.4 Å². The van der Waals surface area contributed by atoms with Crippen LogP contribution in [-0.2, 0) is 9.53 Å². The third kappa shape index (κ3) is 3.24. The molecule has 102 valence electrons. The van der Waals surface area contributed by atoms with Crippen LogP contribution in [0.25, 0.3) is 0 Å². The zero-order chi connectivity index (χ0) is 13.7. The minimum atomic E-state index is -0.751. The predicted molar refractivity (Wildman–Crippen MR) is 70.5 cm³/mol. The first-order valence-electron chi connectivity index (χ1n) is 6.40. The van der Waals surface area contributed by atoms with E-state index in [4.69, 9.17) is 4.74 Å². The van der Waals surface area contributed by atoms with Gasteiger partial charge in [0.2, 0.25) is 0 Å². The smallest absolute Gasteiger partial charge is 0.333 e. The van der Waals surface area contributed by atoms with E-state index in [1.54, 1.807) is 17.0 Å². The lowest BCUT2D eigenvalue weighted by Gasteiger charge is -2.21. The van der Waals surface area contributed by atoms with Gasteiger partial charge in [-0.3, -0.25) is 0 Å². The minimum absolute atomic E-state index is 0.211. The maximum absolute atomic E-state index is 12.1. The predicted octanol–water partition coefficient (Wildman–Crippen LogP) is 1.71. The summed E-state index contributed by atoms with van der Waals surface area (Å²) < 4.78 is 4.76. The molecule has 0 aliphatic carbocycles. The number of carbonyl (C=O) groups is 2. The van der Waals surface area contributed by atoms with E-state index in [0.717, 1.165) is 31.5 Å². The first kappa shape index (κ1) is 13.4. The Labute approximate surface area is 112 Å². The van der Waals surface area contributed by atoms with Gasteiger partial charge in [0.05, 0.1) is 7.11 Å². The van der Waals surface area contributed by atoms with E-state index in [2.05, 4.69) is 5.32 Å². The van der Waals surface area contributed by atoms with Gasteiger partial charge in [0, 0.05) is 13.1 Å². The molecule has 5 heteroatoms. The molecule has 19 heavy (non-hydrogen) atoms. The maximum atomic E-state index is 12.1. The Balaban J connectivity index is 2.10. The molecule has 1 fully saturated rings. The Kier molecular flexibility index (Phi) is 4.39. The van der Waals surface area contributed by atoms with Gasteiger partial charge < -0.3 is 15.0 Å². The molecule has 0 saturated carbocycles. The van der Waals surface area contributed by atoms with E-state index in [1.165, 1.54) is 7.11 Å². The van der Waals surface area contributed by atoms with E-state index >= 15 is 0 Å². The van der Waals surface area contributed by atoms with Crippen LogP contribution >= 0.6 is 0 Å². The lowest BCUT2D eigenvalue weighted by molar-refractivity contribution is -0.143. The number of ether oxygens (including phenoxy) is 1. The summed E-state index contributed by atoms with van der Waals surface area (Å²) in [5, 5.41) is 2.74. The lowest BCUT2D eigenvalue weighted by Crippen LogP contribution is -2.42. The van der Waals surface area contributed by atoms with Crippen molar-refractivity contribution < 1.29 is 14.3 Å². The normalized spacial score (nSPS) is 15.9. The number of methoxy groups -OCH3 is 1. The Bertz CT molecular complexity index is 441. The molecule has 0 radical (unpaired) electrons. The molecule has 1 atom stereocenters. The van der Waals surface area contributed by atoms with Crippen LogP contribution in [0.5, 0.6) is 0 Å². The molecule has 1 aliphatic heterocycles. The Morgan fingerprint density at radius 1 is 1.21 bits per heavy atom. The molecule has 1 aromatic carbocycles. The molecule has 0 bridgehead atoms. The number of hydrogen-bond donors (Lipinski definition) is 1. The van der Waals surface area contributed by atoms with Gasteiger partial charge in [-0.2, -0.15) is 0 Å². The molecule has 1 aliphatic rings. The number of benzene rings is 1. The highest BCUT2D eigenvalue weighted by Gasteiger charge is 2.26. The second kappa shape index (κ2) is 6.22. The summed E-state index contributed by atoms with van der Waals surface area (Å²) in [6.45, 7) is 1.49. The van der Waals surface area contributed by atoms with Crippen molar-refractivity contribution in [2.75, 3.05) is 20.2 Å². The number of esters is 1. The molecule has 1 saturated heterocycles. The van der Waals surface area contributed by atoms with E-state index in [1.807, 2.05) is 18.2 Å². The standard InChI is InChI=1S/C14H18N2O3/c1-19-13(17)12(11-7-3-2-4-8-11)15-14(18)16-9-5-6-10-16/h2-4,7-8,12H,5-6,9-10H2,1H3,(H,15,18). The molecule has 0 spiro atoms. The Morgan fingerprint density at radius 3 is 2.42 bits per heavy atom. The third-order valence-corrected chi connectivity index (χ3v) is 3.23. The SMILES string of the molecule is COC(=O)C(NC(=O)N1CCCC1)c1ccccc1. The number of nitrogens with zero attached hydrogens (tertiary/aromatic N) is 1. The summed E-state index contributed by atoms with van der Waals surface area (Å²) in [4.78, 5) is 25.6. The second-order valence-corrected chi connectivity index (χ2v) is 4.51. The van der Waals surface area contributed by atoms with Crippen LogP contribution in [0.2, 0.25) is 0 Å². The van der Waals surface area contributed by atoms with Crippen LogP contribution in [0, 0.1) is 0 Å². The van der Waals surface area contributed by atoms with Crippen LogP contribution in [0.3, 0.4) is 0 Å². The maximum Gasteiger partial charge on any atom is 0.333 e. The highest BCUT2D eigenvalue weighted by atomic mass is 16.5. The fourth-order valence-corrected chi connectivity index (χ4v) is 2.18. The van der Waals surface area contributed by atoms with Crippen LogP contribution in [-0.4, -0.2) is 37.1 Å². The van der Waals surface area contributed by atoms with Crippen LogP contribution in [0.15, 0.2) is 30.3 Å². The minimum Gasteiger partial charge on any atom is -0.467 e. The zero-order valence-electron chi connectivity index (χ0n) is 11.0. The van der Waals surface area contributed by atoms with Crippen molar-refractivity contribution in [3.63, 3.8) is 0 Å². The number of likely N-dealkylation sites (tertiary alicyclic amines) is 1. The summed E-state index contributed by atoms with van der Waals surface area (Å²) in [5.41, 5.74) is 0.724. The van der Waals surface area contributed by atoms with Gasteiger partial charge in [0.15, 0.2) is 6.04 Å². The molecule has 0 aromatic heterocycles. The van der Waals surface area contributed by atoms with Gasteiger partial charge in [-0.1, -0.05) is 30.3 Å². The van der Waals surface area contributed by atoms with Gasteiger partial charge in [0.1, 0.15) is 0 Å². The number of nitrogens with one attached hydrogen (secondary N) is 1. The van der Waals surface area contributed by atoms with Crippen molar-refractivity contribution >= 4 is 12.0 Å². The first-order valence-corrected chi connectivity index (χ1v) is 6.40. The lowest BCUT2D eigenvalue weighted by atomic mass is 10.1. The third-order valence-electron chi connectivity index (χ3n) is 3.23. The van der Waals surface area contributed by atoms with E-state index < -0.39 is 12.0 Å². The molecular weight excluding hydrogens is 244 g/mol. The quantitative estimate of drug-likeness (QED) is 0.844. The molecule has 2 amide bonds. The summed E-state index contributed by atoms with van der Waals surface area (Å²) in [5.74, 6) is -0.459. The van der Waals surface area contributed by atoms with Gasteiger partial charge in [-0.25, -0.2) is 9.59 Å². The summed E-state index contributed by atoms with van der Waals surface area (Å²) >= 11 is 0. The molecule has 1 N–H and O–H groups in total. The van der Waals surface area contributed by atoms with Crippen molar-refractivity contribution in [2.24, 2.45) is 0 Å². The van der Waals surface area contributed by atoms with Gasteiger partial charge in [0.25, 0.3) is 0 Å². The van der Waals surface area contributed by atoms with E-state index in [-0.39, 0.29) is 6.03 Å². The molecule has 1 aromatic rings. The number of rotatable bonds is 3. The first-order chi connectivity index (χ1) is 9.22. The van der Waals surface area contributed by atoms with Crippen LogP contribution < -0.4 is 5.32 Å².